The molecule has 0 radical (unpaired) electrons. The number of phenols is 1. The third-order valence-corrected chi connectivity index (χ3v) is 7.08. The molecule has 5 N–H and O–H groups in total. The summed E-state index contributed by atoms with van der Waals surface area (Å²) in [6.07, 6.45) is 6.87. The average molecular weight is 359 g/mol. The molecule has 3 aliphatic rings. The zero-order valence-electron chi connectivity index (χ0n) is 14.6. The van der Waals surface area contributed by atoms with Gasteiger partial charge in [-0.1, -0.05) is 13.0 Å². The van der Waals surface area contributed by atoms with Crippen LogP contribution in [0.15, 0.2) is 23.3 Å². The number of aromatic hydroxyl groups is 1. The molecule has 1 aromatic carbocycles. The van der Waals surface area contributed by atoms with E-state index in [1.165, 1.54) is 36.1 Å². The quantitative estimate of drug-likeness (QED) is 0.352. The summed E-state index contributed by atoms with van der Waals surface area (Å²) >= 11 is 5.05. The second kappa shape index (κ2) is 6.25. The molecular weight excluding hydrogens is 332 g/mol. The topological polar surface area (TPSA) is 82.7 Å². The average Bonchev–Trinajstić information content (AvgIpc) is 2.95. The minimum atomic E-state index is 0.160. The minimum Gasteiger partial charge on any atom is -0.508 e. The molecular formula is C19H26N4OS. The van der Waals surface area contributed by atoms with Crippen molar-refractivity contribution in [1.29, 1.82) is 0 Å². The lowest BCUT2D eigenvalue weighted by Crippen LogP contribution is -2.43. The summed E-state index contributed by atoms with van der Waals surface area (Å²) in [5.74, 6) is 7.73. The van der Waals surface area contributed by atoms with Crippen LogP contribution in [0.5, 0.6) is 5.75 Å². The molecule has 134 valence electrons. The van der Waals surface area contributed by atoms with Crippen molar-refractivity contribution in [2.24, 2.45) is 28.2 Å². The van der Waals surface area contributed by atoms with Crippen molar-refractivity contribution in [3.63, 3.8) is 0 Å². The number of rotatable bonds is 1. The van der Waals surface area contributed by atoms with Crippen molar-refractivity contribution >= 4 is 23.0 Å². The fourth-order valence-electron chi connectivity index (χ4n) is 5.69. The Labute approximate surface area is 154 Å². The Balaban J connectivity index is 1.60. The number of nitrogens with one attached hydrogen (secondary N) is 2. The molecule has 0 spiro atoms. The van der Waals surface area contributed by atoms with Crippen LogP contribution in [0.4, 0.5) is 0 Å². The van der Waals surface area contributed by atoms with E-state index in [-0.39, 0.29) is 5.41 Å². The lowest BCUT2D eigenvalue weighted by molar-refractivity contribution is 0.0954. The number of hydrazone groups is 1. The summed E-state index contributed by atoms with van der Waals surface area (Å²) in [6.45, 7) is 2.38. The summed E-state index contributed by atoms with van der Waals surface area (Å²) < 4.78 is 0. The van der Waals surface area contributed by atoms with Gasteiger partial charge in [0.15, 0.2) is 0 Å². The van der Waals surface area contributed by atoms with Crippen molar-refractivity contribution in [2.75, 3.05) is 0 Å². The van der Waals surface area contributed by atoms with E-state index in [4.69, 9.17) is 18.1 Å². The molecule has 0 amide bonds. The van der Waals surface area contributed by atoms with Gasteiger partial charge in [-0.25, -0.2) is 5.84 Å². The standard InChI is InChI=1S/C19H26N4OS/c1-19-9-8-14-13-5-3-12(24)10-11(13)2-4-15(14)16(19)6-7-17(19)22-23-18(25)21-20/h3,5,10,14-16,24H,2,4,6-9,20H2,1H3,(H2,21,23,25). The van der Waals surface area contributed by atoms with Crippen LogP contribution in [-0.4, -0.2) is 15.9 Å². The molecule has 6 heteroatoms. The Kier molecular flexibility index (Phi) is 4.20. The molecule has 1 aromatic rings. The van der Waals surface area contributed by atoms with Crippen molar-refractivity contribution in [2.45, 2.75) is 51.4 Å². The van der Waals surface area contributed by atoms with Crippen molar-refractivity contribution < 1.29 is 5.11 Å². The normalized spacial score (nSPS) is 34.8. The summed E-state index contributed by atoms with van der Waals surface area (Å²) in [7, 11) is 0. The number of nitrogens with zero attached hydrogens (tertiary/aromatic N) is 1. The van der Waals surface area contributed by atoms with E-state index in [0.29, 0.717) is 28.6 Å². The van der Waals surface area contributed by atoms with Crippen LogP contribution in [0.2, 0.25) is 0 Å². The van der Waals surface area contributed by atoms with Crippen LogP contribution in [-0.2, 0) is 6.42 Å². The van der Waals surface area contributed by atoms with Gasteiger partial charge in [-0.3, -0.25) is 10.9 Å². The van der Waals surface area contributed by atoms with Crippen molar-refractivity contribution in [3.8, 4) is 5.75 Å². The second-order valence-corrected chi connectivity index (χ2v) is 8.35. The van der Waals surface area contributed by atoms with Gasteiger partial charge in [-0.2, -0.15) is 5.10 Å². The summed E-state index contributed by atoms with van der Waals surface area (Å²) in [5.41, 5.74) is 9.52. The fraction of sp³-hybridized carbons (Fsp3) is 0.579. The number of nitrogens with two attached hydrogens (primary N) is 1. The first-order valence-corrected chi connectivity index (χ1v) is 9.59. The van der Waals surface area contributed by atoms with Gasteiger partial charge in [0.2, 0.25) is 5.11 Å². The van der Waals surface area contributed by atoms with E-state index in [2.05, 4.69) is 28.9 Å². The fourth-order valence-corrected chi connectivity index (χ4v) is 5.74. The molecule has 25 heavy (non-hydrogen) atoms. The first kappa shape index (κ1) is 16.8. The number of benzene rings is 1. The maximum Gasteiger partial charge on any atom is 0.201 e. The molecule has 4 rings (SSSR count). The SMILES string of the molecule is CC12CCC3c4ccc(O)cc4CCC3C1CCC2=NNC(=S)NN. The molecule has 5 nitrogen and oxygen atoms in total. The zero-order chi connectivity index (χ0) is 17.6. The number of thiocarbonyl (C=S) groups is 1. The zero-order valence-corrected chi connectivity index (χ0v) is 15.4. The molecule has 0 saturated heterocycles. The Morgan fingerprint density at radius 1 is 1.32 bits per heavy atom. The second-order valence-electron chi connectivity index (χ2n) is 7.94. The molecule has 0 heterocycles. The highest BCUT2D eigenvalue weighted by Crippen LogP contribution is 2.59. The van der Waals surface area contributed by atoms with E-state index in [1.54, 1.807) is 0 Å². The van der Waals surface area contributed by atoms with Gasteiger partial charge in [-0.05, 0) is 91.8 Å². The molecule has 3 aliphatic carbocycles. The third kappa shape index (κ3) is 2.72. The summed E-state index contributed by atoms with van der Waals surface area (Å²) in [6, 6.07) is 5.97. The maximum absolute atomic E-state index is 9.79. The summed E-state index contributed by atoms with van der Waals surface area (Å²) in [4.78, 5) is 0. The van der Waals surface area contributed by atoms with Gasteiger partial charge in [0.25, 0.3) is 0 Å². The van der Waals surface area contributed by atoms with Gasteiger partial charge in [0.1, 0.15) is 5.75 Å². The van der Waals surface area contributed by atoms with E-state index in [1.807, 2.05) is 12.1 Å². The molecule has 4 unspecified atom stereocenters. The predicted molar refractivity (Wildman–Crippen MR) is 103 cm³/mol. The van der Waals surface area contributed by atoms with Gasteiger partial charge >= 0.3 is 0 Å². The molecule has 0 aliphatic heterocycles. The smallest absolute Gasteiger partial charge is 0.201 e. The van der Waals surface area contributed by atoms with E-state index in [9.17, 15) is 5.11 Å². The largest absolute Gasteiger partial charge is 0.508 e. The third-order valence-electron chi connectivity index (χ3n) is 6.87. The Bertz CT molecular complexity index is 734. The van der Waals surface area contributed by atoms with Gasteiger partial charge < -0.3 is 5.11 Å². The lowest BCUT2D eigenvalue weighted by Gasteiger charge is -2.49. The van der Waals surface area contributed by atoms with Crippen LogP contribution in [0.3, 0.4) is 0 Å². The number of hydrogen-bond donors (Lipinski definition) is 4. The Morgan fingerprint density at radius 3 is 2.96 bits per heavy atom. The number of hydrazine groups is 1. The highest BCUT2D eigenvalue weighted by Gasteiger charge is 2.53. The van der Waals surface area contributed by atoms with E-state index < -0.39 is 0 Å². The van der Waals surface area contributed by atoms with Gasteiger partial charge in [-0.15, -0.1) is 0 Å². The number of phenolic OH excluding ortho intramolecular Hbond substituents is 1. The Morgan fingerprint density at radius 2 is 2.16 bits per heavy atom. The predicted octanol–water partition coefficient (Wildman–Crippen LogP) is 2.94. The van der Waals surface area contributed by atoms with Crippen LogP contribution < -0.4 is 16.7 Å². The van der Waals surface area contributed by atoms with Crippen LogP contribution >= 0.6 is 12.2 Å². The number of aryl methyl sites for hydroxylation is 1. The summed E-state index contributed by atoms with van der Waals surface area (Å²) in [5, 5.41) is 14.7. The first-order valence-electron chi connectivity index (χ1n) is 9.18. The van der Waals surface area contributed by atoms with Gasteiger partial charge in [0.05, 0.1) is 0 Å². The van der Waals surface area contributed by atoms with E-state index >= 15 is 0 Å². The van der Waals surface area contributed by atoms with Crippen LogP contribution in [0.25, 0.3) is 0 Å². The maximum atomic E-state index is 9.79. The number of hydrogen-bond acceptors (Lipinski definition) is 4. The lowest BCUT2D eigenvalue weighted by atomic mass is 9.55. The molecule has 0 bridgehead atoms. The van der Waals surface area contributed by atoms with Crippen LogP contribution in [0, 0.1) is 17.3 Å². The highest BCUT2D eigenvalue weighted by atomic mass is 32.1. The van der Waals surface area contributed by atoms with Crippen LogP contribution in [0.1, 0.15) is 56.1 Å². The molecule has 4 atom stereocenters. The molecule has 0 aromatic heterocycles. The monoisotopic (exact) mass is 358 g/mol. The number of fused-ring (bicyclic) bond motifs is 5. The van der Waals surface area contributed by atoms with Gasteiger partial charge in [0, 0.05) is 11.1 Å². The van der Waals surface area contributed by atoms with Crippen molar-refractivity contribution in [3.05, 3.63) is 29.3 Å². The van der Waals surface area contributed by atoms with E-state index in [0.717, 1.165) is 19.3 Å². The molecule has 2 fully saturated rings. The Hall–Kier alpha value is -1.66. The molecule has 2 saturated carbocycles. The first-order chi connectivity index (χ1) is 12.0. The highest BCUT2D eigenvalue weighted by molar-refractivity contribution is 7.80. The van der Waals surface area contributed by atoms with Crippen molar-refractivity contribution in [1.82, 2.24) is 10.9 Å². The minimum absolute atomic E-state index is 0.160.